The minimum atomic E-state index is 0.141. The maximum atomic E-state index is 11.2. The number of urea groups is 1. The van der Waals surface area contributed by atoms with Gasteiger partial charge in [-0.15, -0.1) is 0 Å². The maximum absolute atomic E-state index is 11.2. The summed E-state index contributed by atoms with van der Waals surface area (Å²) < 4.78 is 0. The Bertz CT molecular complexity index is 181. The zero-order valence-corrected chi connectivity index (χ0v) is 6.84. The lowest BCUT2D eigenvalue weighted by atomic mass is 10.2. The zero-order chi connectivity index (χ0) is 7.84. The highest BCUT2D eigenvalue weighted by Gasteiger charge is 2.40. The summed E-state index contributed by atoms with van der Waals surface area (Å²) in [7, 11) is 0. The van der Waals surface area contributed by atoms with Crippen LogP contribution in [0.3, 0.4) is 0 Å². The van der Waals surface area contributed by atoms with Crippen molar-refractivity contribution in [1.29, 1.82) is 0 Å². The van der Waals surface area contributed by atoms with Gasteiger partial charge in [0.25, 0.3) is 0 Å². The van der Waals surface area contributed by atoms with Gasteiger partial charge in [0.05, 0.1) is 12.1 Å². The van der Waals surface area contributed by atoms with Crippen LogP contribution in [-0.2, 0) is 0 Å². The van der Waals surface area contributed by atoms with Crippen molar-refractivity contribution in [2.45, 2.75) is 38.3 Å². The van der Waals surface area contributed by atoms with Crippen LogP contribution in [0.15, 0.2) is 0 Å². The van der Waals surface area contributed by atoms with Crippen molar-refractivity contribution in [2.24, 2.45) is 0 Å². The summed E-state index contributed by atoms with van der Waals surface area (Å²) >= 11 is 0. The number of nitrogens with zero attached hydrogens (tertiary/aromatic N) is 1. The number of fused-ring (bicyclic) bond motifs is 1. The quantitative estimate of drug-likeness (QED) is 0.599. The molecule has 3 heteroatoms. The number of likely N-dealkylation sites (N-methyl/N-ethyl adjacent to an activating group) is 1. The summed E-state index contributed by atoms with van der Waals surface area (Å²) in [5, 5.41) is 3.00. The summed E-state index contributed by atoms with van der Waals surface area (Å²) in [4.78, 5) is 13.2. The summed E-state index contributed by atoms with van der Waals surface area (Å²) in [5.74, 6) is 0. The zero-order valence-electron chi connectivity index (χ0n) is 6.84. The minimum absolute atomic E-state index is 0.141. The van der Waals surface area contributed by atoms with E-state index >= 15 is 0 Å². The van der Waals surface area contributed by atoms with Gasteiger partial charge < -0.3 is 10.2 Å². The number of rotatable bonds is 1. The summed E-state index contributed by atoms with van der Waals surface area (Å²) in [6.07, 6.45) is 3.64. The molecule has 2 atom stereocenters. The molecule has 0 aromatic carbocycles. The fraction of sp³-hybridized carbons (Fsp3) is 0.875. The van der Waals surface area contributed by atoms with E-state index in [4.69, 9.17) is 0 Å². The molecule has 0 aromatic heterocycles. The fourth-order valence-electron chi connectivity index (χ4n) is 2.25. The highest BCUT2D eigenvalue weighted by molar-refractivity contribution is 5.77. The Hall–Kier alpha value is -0.730. The Morgan fingerprint density at radius 2 is 2.45 bits per heavy atom. The number of hydrogen-bond acceptors (Lipinski definition) is 1. The average molecular weight is 154 g/mol. The van der Waals surface area contributed by atoms with Crippen molar-refractivity contribution in [1.82, 2.24) is 10.2 Å². The summed E-state index contributed by atoms with van der Waals surface area (Å²) in [6, 6.07) is 1.11. The van der Waals surface area contributed by atoms with Crippen molar-refractivity contribution in [3.63, 3.8) is 0 Å². The van der Waals surface area contributed by atoms with Crippen LogP contribution in [0.1, 0.15) is 26.2 Å². The number of amides is 2. The van der Waals surface area contributed by atoms with Crippen molar-refractivity contribution in [2.75, 3.05) is 6.54 Å². The normalized spacial score (nSPS) is 35.7. The van der Waals surface area contributed by atoms with Gasteiger partial charge in [-0.1, -0.05) is 0 Å². The monoisotopic (exact) mass is 154 g/mol. The molecule has 1 heterocycles. The van der Waals surface area contributed by atoms with Crippen LogP contribution in [0.5, 0.6) is 0 Å². The van der Waals surface area contributed by atoms with E-state index in [-0.39, 0.29) is 6.03 Å². The van der Waals surface area contributed by atoms with Crippen molar-refractivity contribution >= 4 is 6.03 Å². The first-order chi connectivity index (χ1) is 5.33. The van der Waals surface area contributed by atoms with E-state index in [1.54, 1.807) is 0 Å². The second-order valence-corrected chi connectivity index (χ2v) is 3.34. The SMILES string of the molecule is CCN1C(=O)NC2CCCC21. The Labute approximate surface area is 66.8 Å². The highest BCUT2D eigenvalue weighted by atomic mass is 16.2. The smallest absolute Gasteiger partial charge is 0.317 e. The molecule has 1 saturated carbocycles. The predicted molar refractivity (Wildman–Crippen MR) is 42.3 cm³/mol. The Morgan fingerprint density at radius 3 is 3.18 bits per heavy atom. The van der Waals surface area contributed by atoms with Crippen LogP contribution in [0.25, 0.3) is 0 Å². The molecule has 0 radical (unpaired) electrons. The summed E-state index contributed by atoms with van der Waals surface area (Å²) in [5.41, 5.74) is 0. The minimum Gasteiger partial charge on any atom is -0.333 e. The van der Waals surface area contributed by atoms with E-state index in [0.717, 1.165) is 6.54 Å². The van der Waals surface area contributed by atoms with E-state index in [9.17, 15) is 4.79 Å². The number of hydrogen-bond donors (Lipinski definition) is 1. The van der Waals surface area contributed by atoms with Gasteiger partial charge >= 0.3 is 6.03 Å². The molecule has 0 bridgehead atoms. The van der Waals surface area contributed by atoms with E-state index in [0.29, 0.717) is 12.1 Å². The molecule has 1 saturated heterocycles. The third kappa shape index (κ3) is 0.905. The van der Waals surface area contributed by atoms with Crippen LogP contribution in [0, 0.1) is 0 Å². The highest BCUT2D eigenvalue weighted by Crippen LogP contribution is 2.28. The Morgan fingerprint density at radius 1 is 1.64 bits per heavy atom. The second kappa shape index (κ2) is 2.40. The molecule has 3 nitrogen and oxygen atoms in total. The van der Waals surface area contributed by atoms with Crippen LogP contribution >= 0.6 is 0 Å². The Kier molecular flexibility index (Phi) is 1.51. The van der Waals surface area contributed by atoms with Gasteiger partial charge in [-0.2, -0.15) is 0 Å². The summed E-state index contributed by atoms with van der Waals surface area (Å²) in [6.45, 7) is 2.90. The van der Waals surface area contributed by atoms with Crippen LogP contribution in [0.2, 0.25) is 0 Å². The molecular formula is C8H14N2O. The van der Waals surface area contributed by atoms with Gasteiger partial charge in [-0.3, -0.25) is 0 Å². The number of carbonyl (C=O) groups is 1. The van der Waals surface area contributed by atoms with Crippen molar-refractivity contribution in [3.05, 3.63) is 0 Å². The third-order valence-electron chi connectivity index (χ3n) is 2.79. The van der Waals surface area contributed by atoms with E-state index in [1.165, 1.54) is 19.3 Å². The first-order valence-corrected chi connectivity index (χ1v) is 4.40. The van der Waals surface area contributed by atoms with Gasteiger partial charge in [0, 0.05) is 6.54 Å². The molecule has 2 amide bonds. The maximum Gasteiger partial charge on any atom is 0.317 e. The molecule has 11 heavy (non-hydrogen) atoms. The lowest BCUT2D eigenvalue weighted by Gasteiger charge is -2.19. The molecular weight excluding hydrogens is 140 g/mol. The topological polar surface area (TPSA) is 32.3 Å². The van der Waals surface area contributed by atoms with Gasteiger partial charge in [0.2, 0.25) is 0 Å². The first-order valence-electron chi connectivity index (χ1n) is 4.40. The molecule has 2 unspecified atom stereocenters. The molecule has 62 valence electrons. The molecule has 0 aromatic rings. The van der Waals surface area contributed by atoms with Crippen molar-refractivity contribution < 1.29 is 4.79 Å². The number of carbonyl (C=O) groups excluding carboxylic acids is 1. The Balaban J connectivity index is 2.13. The van der Waals surface area contributed by atoms with E-state index in [2.05, 4.69) is 5.32 Å². The van der Waals surface area contributed by atoms with Gasteiger partial charge in [0.1, 0.15) is 0 Å². The van der Waals surface area contributed by atoms with E-state index < -0.39 is 0 Å². The van der Waals surface area contributed by atoms with Gasteiger partial charge in [0.15, 0.2) is 0 Å². The van der Waals surface area contributed by atoms with Crippen molar-refractivity contribution in [3.8, 4) is 0 Å². The molecule has 2 aliphatic rings. The van der Waals surface area contributed by atoms with E-state index in [1.807, 2.05) is 11.8 Å². The fourth-order valence-corrected chi connectivity index (χ4v) is 2.25. The van der Waals surface area contributed by atoms with Crippen LogP contribution in [-0.4, -0.2) is 29.6 Å². The van der Waals surface area contributed by atoms with Crippen LogP contribution in [0.4, 0.5) is 4.79 Å². The average Bonchev–Trinajstić information content (AvgIpc) is 2.46. The lowest BCUT2D eigenvalue weighted by Crippen LogP contribution is -2.33. The molecule has 0 spiro atoms. The standard InChI is InChI=1S/C8H14N2O/c1-2-10-7-5-3-4-6(7)9-8(10)11/h6-7H,2-5H2,1H3,(H,9,11). The lowest BCUT2D eigenvalue weighted by molar-refractivity contribution is 0.206. The van der Waals surface area contributed by atoms with Gasteiger partial charge in [-0.25, -0.2) is 4.79 Å². The number of nitrogens with one attached hydrogen (secondary N) is 1. The largest absolute Gasteiger partial charge is 0.333 e. The third-order valence-corrected chi connectivity index (χ3v) is 2.79. The van der Waals surface area contributed by atoms with Gasteiger partial charge in [-0.05, 0) is 26.2 Å². The molecule has 2 fully saturated rings. The molecule has 1 N–H and O–H groups in total. The van der Waals surface area contributed by atoms with Crippen LogP contribution < -0.4 is 5.32 Å². The molecule has 2 rings (SSSR count). The second-order valence-electron chi connectivity index (χ2n) is 3.34. The molecule has 1 aliphatic carbocycles. The molecule has 1 aliphatic heterocycles. The predicted octanol–water partition coefficient (Wildman–Crippen LogP) is 0.953. The first kappa shape index (κ1) is 6.95.